The van der Waals surface area contributed by atoms with E-state index in [1.807, 2.05) is 4.98 Å². The molecule has 0 bridgehead atoms. The van der Waals surface area contributed by atoms with Gasteiger partial charge in [-0.3, -0.25) is 33.0 Å². The number of aliphatic hydroxyl groups is 3. The number of hydrogen-bond acceptors (Lipinski definition) is 15. The molecule has 3 rings (SSSR count). The van der Waals surface area contributed by atoms with E-state index in [0.717, 1.165) is 26.1 Å². The Morgan fingerprint density at radius 1 is 0.977 bits per heavy atom. The number of aliphatic carboxylic acids is 1. The Hall–Kier alpha value is -2.85. The normalized spacial score (nSPS) is 33.6. The van der Waals surface area contributed by atoms with E-state index in [1.165, 1.54) is 0 Å². The number of carboxylic acids is 1. The van der Waals surface area contributed by atoms with Crippen LogP contribution in [-0.4, -0.2) is 113 Å². The zero-order valence-corrected chi connectivity index (χ0v) is 23.8. The first-order valence-corrected chi connectivity index (χ1v) is 14.9. The Bertz CT molecular complexity index is 1430. The van der Waals surface area contributed by atoms with E-state index in [4.69, 9.17) is 14.0 Å². The molecule has 0 spiro atoms. The average molecular weight is 662 g/mol. The van der Waals surface area contributed by atoms with Gasteiger partial charge in [0.1, 0.15) is 30.5 Å². The third kappa shape index (κ3) is 8.62. The minimum atomic E-state index is -5.79. The minimum Gasteiger partial charge on any atom is -0.479 e. The van der Waals surface area contributed by atoms with Gasteiger partial charge >= 0.3 is 27.3 Å². The molecule has 43 heavy (non-hydrogen) atoms. The summed E-state index contributed by atoms with van der Waals surface area (Å²) >= 11 is 0. The van der Waals surface area contributed by atoms with Gasteiger partial charge in [-0.2, -0.15) is 4.31 Å². The number of rotatable bonds is 11. The summed E-state index contributed by atoms with van der Waals surface area (Å²) in [5, 5.41) is 44.5. The van der Waals surface area contributed by atoms with Gasteiger partial charge in [0.25, 0.3) is 5.56 Å². The summed E-state index contributed by atoms with van der Waals surface area (Å²) in [4.78, 5) is 80.3. The predicted octanol–water partition coefficient (Wildman–Crippen LogP) is -4.41. The smallest absolute Gasteiger partial charge is 0.479 e. The second-order valence-electron chi connectivity index (χ2n) is 9.19. The lowest BCUT2D eigenvalue weighted by atomic mass is 9.93. The van der Waals surface area contributed by atoms with Crippen molar-refractivity contribution in [3.05, 3.63) is 33.1 Å². The van der Waals surface area contributed by atoms with E-state index in [0.29, 0.717) is 4.57 Å². The molecule has 0 radical (unpaired) electrons. The first kappa shape index (κ1) is 34.6. The van der Waals surface area contributed by atoms with Gasteiger partial charge in [-0.05, 0) is 0 Å². The van der Waals surface area contributed by atoms with Crippen LogP contribution in [0.1, 0.15) is 20.1 Å². The van der Waals surface area contributed by atoms with Gasteiger partial charge in [0.2, 0.25) is 11.8 Å². The highest BCUT2D eigenvalue weighted by atomic mass is 31.3. The fourth-order valence-corrected chi connectivity index (χ4v) is 6.34. The Morgan fingerprint density at radius 3 is 2.14 bits per heavy atom. The minimum absolute atomic E-state index is 0.700. The zero-order chi connectivity index (χ0) is 32.4. The largest absolute Gasteiger partial charge is 0.483 e. The van der Waals surface area contributed by atoms with E-state index in [1.54, 1.807) is 0 Å². The number of nitrogens with zero attached hydrogens (tertiary/aromatic N) is 1. The molecular formula is C19H28N4O18P2. The predicted molar refractivity (Wildman–Crippen MR) is 133 cm³/mol. The second kappa shape index (κ2) is 13.4. The van der Waals surface area contributed by atoms with Gasteiger partial charge in [-0.15, -0.1) is 0 Å². The summed E-state index contributed by atoms with van der Waals surface area (Å²) in [7, 11) is -11.4. The van der Waals surface area contributed by atoms with Crippen molar-refractivity contribution in [3.63, 3.8) is 0 Å². The van der Waals surface area contributed by atoms with Gasteiger partial charge in [-0.1, -0.05) is 0 Å². The number of hydrogen-bond donors (Lipinski definition) is 9. The quantitative estimate of drug-likeness (QED) is 0.101. The number of phosphoric acid groups is 2. The number of phosphoric ester groups is 2. The number of aliphatic hydroxyl groups excluding tert-OH is 3. The van der Waals surface area contributed by atoms with E-state index in [-0.39, 0.29) is 0 Å². The van der Waals surface area contributed by atoms with Gasteiger partial charge in [0, 0.05) is 26.1 Å². The van der Waals surface area contributed by atoms with Crippen molar-refractivity contribution in [2.75, 3.05) is 6.61 Å². The maximum absolute atomic E-state index is 12.7. The molecule has 242 valence electrons. The van der Waals surface area contributed by atoms with Gasteiger partial charge < -0.3 is 50.3 Å². The fourth-order valence-electron chi connectivity index (χ4n) is 4.17. The van der Waals surface area contributed by atoms with Crippen LogP contribution in [0.4, 0.5) is 0 Å². The number of amides is 2. The number of nitrogens with one attached hydrogen (secondary N) is 3. The number of H-pyrrole nitrogens is 1. The summed E-state index contributed by atoms with van der Waals surface area (Å²) in [6, 6.07) is -2.51. The lowest BCUT2D eigenvalue weighted by molar-refractivity contribution is -0.224. The molecule has 9 N–H and O–H groups in total. The molecule has 0 saturated carbocycles. The fraction of sp³-hybridized carbons (Fsp3) is 0.632. The van der Waals surface area contributed by atoms with Crippen molar-refractivity contribution < 1.29 is 76.6 Å². The molecular weight excluding hydrogens is 634 g/mol. The van der Waals surface area contributed by atoms with Gasteiger partial charge in [0.05, 0.1) is 12.6 Å². The SMILES string of the molecule is CC(=O)N[C@H]1[C@@H](OP(=O)(O)OP(=O)(O)OC[C@H]2O[C@@H](n3ccc(=O)[nH]c3=O)[C@H](O)[C@@H]2O)O[C@H](C(=O)O)[C@@H](O)[C@@H]1NC(C)=O. The molecule has 2 fully saturated rings. The third-order valence-electron chi connectivity index (χ3n) is 5.93. The molecule has 2 amide bonds. The number of carbonyl (C=O) groups excluding carboxylic acids is 2. The maximum Gasteiger partial charge on any atom is 0.483 e. The Balaban J connectivity index is 1.73. The van der Waals surface area contributed by atoms with Crippen LogP contribution in [0.3, 0.4) is 0 Å². The van der Waals surface area contributed by atoms with E-state index < -0.39 is 106 Å². The Labute approximate surface area is 239 Å². The molecule has 1 aromatic rings. The molecule has 0 aromatic carbocycles. The maximum atomic E-state index is 12.7. The molecule has 2 aliphatic heterocycles. The number of aromatic amines is 1. The molecule has 11 atom stereocenters. The third-order valence-corrected chi connectivity index (χ3v) is 8.53. The van der Waals surface area contributed by atoms with Crippen molar-refractivity contribution in [3.8, 4) is 0 Å². The molecule has 22 nitrogen and oxygen atoms in total. The van der Waals surface area contributed by atoms with Crippen molar-refractivity contribution in [1.29, 1.82) is 0 Å². The second-order valence-corrected chi connectivity index (χ2v) is 12.2. The van der Waals surface area contributed by atoms with Crippen molar-refractivity contribution in [1.82, 2.24) is 20.2 Å². The number of carboxylic acid groups (broad SMARTS) is 1. The van der Waals surface area contributed by atoms with E-state index >= 15 is 0 Å². The molecule has 1 aromatic heterocycles. The standard InChI is InChI=1S/C19H28N4O18P2/c1-6(24)20-10-11(21-7(2)25)18(39-15(13(10)28)17(30)31)40-43(35,36)41-42(33,34)37-5-8-12(27)14(29)16(38-8)23-4-3-9(26)22-19(23)32/h3-4,8,10-16,18,27-29H,5H2,1-2H3,(H,20,24)(H,21,25)(H,30,31)(H,33,34)(H,35,36)(H,22,26,32)/t8-,10-,11-,12-,13+,14-,15+,16-,18-/m1/s1. The molecule has 2 aliphatic rings. The summed E-state index contributed by atoms with van der Waals surface area (Å²) in [5.74, 6) is -3.50. The number of ether oxygens (including phenoxy) is 2. The average Bonchev–Trinajstić information content (AvgIpc) is 3.13. The van der Waals surface area contributed by atoms with Crippen molar-refractivity contribution >= 4 is 33.4 Å². The molecule has 24 heteroatoms. The van der Waals surface area contributed by atoms with Crippen LogP contribution in [0.2, 0.25) is 0 Å². The van der Waals surface area contributed by atoms with Crippen molar-refractivity contribution in [2.45, 2.75) is 69.0 Å². The van der Waals surface area contributed by atoms with Crippen LogP contribution in [-0.2, 0) is 46.3 Å². The number of carbonyl (C=O) groups is 3. The summed E-state index contributed by atoms with van der Waals surface area (Å²) < 4.78 is 49.5. The lowest BCUT2D eigenvalue weighted by Gasteiger charge is -2.43. The first-order chi connectivity index (χ1) is 19.8. The van der Waals surface area contributed by atoms with E-state index in [9.17, 15) is 63.3 Å². The zero-order valence-electron chi connectivity index (χ0n) is 22.0. The summed E-state index contributed by atoms with van der Waals surface area (Å²) in [6.45, 7) is 0.840. The topological polar surface area (TPSA) is 332 Å². The Morgan fingerprint density at radius 2 is 1.58 bits per heavy atom. The molecule has 0 aliphatic carbocycles. The highest BCUT2D eigenvalue weighted by Gasteiger charge is 2.53. The van der Waals surface area contributed by atoms with E-state index in [2.05, 4.69) is 19.5 Å². The first-order valence-electron chi connectivity index (χ1n) is 12.0. The van der Waals surface area contributed by atoms with Crippen LogP contribution in [0.15, 0.2) is 21.9 Å². The molecule has 2 saturated heterocycles. The van der Waals surface area contributed by atoms with Gasteiger partial charge in [-0.25, -0.2) is 18.7 Å². The highest BCUT2D eigenvalue weighted by Crippen LogP contribution is 2.61. The monoisotopic (exact) mass is 662 g/mol. The highest BCUT2D eigenvalue weighted by molar-refractivity contribution is 7.61. The van der Waals surface area contributed by atoms with Gasteiger partial charge in [0.15, 0.2) is 18.6 Å². The van der Waals surface area contributed by atoms with Crippen LogP contribution < -0.4 is 21.9 Å². The Kier molecular flexibility index (Phi) is 10.8. The summed E-state index contributed by atoms with van der Waals surface area (Å²) in [6.07, 6.45) is -12.4. The number of aromatic nitrogens is 2. The molecule has 2 unspecified atom stereocenters. The van der Waals surface area contributed by atoms with Crippen LogP contribution in [0.25, 0.3) is 0 Å². The summed E-state index contributed by atoms with van der Waals surface area (Å²) in [5.41, 5.74) is -1.80. The lowest BCUT2D eigenvalue weighted by Crippen LogP contribution is -2.69. The van der Waals surface area contributed by atoms with Crippen LogP contribution in [0, 0.1) is 0 Å². The molecule has 3 heterocycles. The van der Waals surface area contributed by atoms with Crippen LogP contribution in [0.5, 0.6) is 0 Å². The van der Waals surface area contributed by atoms with Crippen molar-refractivity contribution in [2.24, 2.45) is 0 Å². The van der Waals surface area contributed by atoms with Crippen LogP contribution >= 0.6 is 15.6 Å².